The topological polar surface area (TPSA) is 58.2 Å². The number of hydrogen-bond acceptors (Lipinski definition) is 3. The molecule has 0 heterocycles. The van der Waals surface area contributed by atoms with E-state index in [0.717, 1.165) is 37.8 Å². The zero-order valence-electron chi connectivity index (χ0n) is 10.6. The molecule has 2 rings (SSSR count). The first kappa shape index (κ1) is 13.5. The van der Waals surface area contributed by atoms with Gasteiger partial charge in [0.2, 0.25) is 10.0 Å². The van der Waals surface area contributed by atoms with Crippen molar-refractivity contribution in [3.63, 3.8) is 0 Å². The second-order valence-corrected chi connectivity index (χ2v) is 6.49. The van der Waals surface area contributed by atoms with Crippen LogP contribution in [0.2, 0.25) is 0 Å². The van der Waals surface area contributed by atoms with Gasteiger partial charge in [0, 0.05) is 12.6 Å². The molecule has 0 atom stereocenters. The van der Waals surface area contributed by atoms with Gasteiger partial charge in [-0.25, -0.2) is 13.1 Å². The summed E-state index contributed by atoms with van der Waals surface area (Å²) >= 11 is 0. The van der Waals surface area contributed by atoms with E-state index >= 15 is 0 Å². The number of sulfonamides is 1. The highest BCUT2D eigenvalue weighted by atomic mass is 32.2. The predicted molar refractivity (Wildman–Crippen MR) is 71.8 cm³/mol. The lowest BCUT2D eigenvalue weighted by atomic mass is 10.2. The Morgan fingerprint density at radius 2 is 1.78 bits per heavy atom. The van der Waals surface area contributed by atoms with Crippen LogP contribution in [0.1, 0.15) is 31.2 Å². The van der Waals surface area contributed by atoms with E-state index in [1.54, 1.807) is 12.1 Å². The van der Waals surface area contributed by atoms with E-state index in [9.17, 15) is 8.42 Å². The molecule has 1 fully saturated rings. The summed E-state index contributed by atoms with van der Waals surface area (Å²) in [4.78, 5) is 0.356. The molecule has 1 aliphatic rings. The largest absolute Gasteiger partial charge is 0.316 e. The summed E-state index contributed by atoms with van der Waals surface area (Å²) in [6, 6.07) is 7.15. The van der Waals surface area contributed by atoms with Gasteiger partial charge < -0.3 is 5.32 Å². The maximum absolute atomic E-state index is 12.1. The standard InChI is InChI=1S/C13H20N2O2S/c1-14-10-11-6-8-13(9-7-11)18(16,17)15-12-4-2-3-5-12/h6-9,12,14-15H,2-5,10H2,1H3. The molecule has 1 aromatic carbocycles. The van der Waals surface area contributed by atoms with E-state index in [1.807, 2.05) is 19.2 Å². The van der Waals surface area contributed by atoms with Crippen molar-refractivity contribution in [2.45, 2.75) is 43.2 Å². The summed E-state index contributed by atoms with van der Waals surface area (Å²) in [5, 5.41) is 3.04. The highest BCUT2D eigenvalue weighted by Gasteiger charge is 2.22. The van der Waals surface area contributed by atoms with Gasteiger partial charge in [0.15, 0.2) is 0 Å². The maximum Gasteiger partial charge on any atom is 0.240 e. The second kappa shape index (κ2) is 5.82. The summed E-state index contributed by atoms with van der Waals surface area (Å²) in [6.07, 6.45) is 4.15. The molecule has 0 unspecified atom stereocenters. The van der Waals surface area contributed by atoms with Crippen LogP contribution < -0.4 is 10.0 Å². The van der Waals surface area contributed by atoms with Gasteiger partial charge in [0.1, 0.15) is 0 Å². The molecule has 1 aliphatic carbocycles. The van der Waals surface area contributed by atoms with Gasteiger partial charge in [-0.05, 0) is 37.6 Å². The molecular weight excluding hydrogens is 248 g/mol. The molecule has 0 amide bonds. The summed E-state index contributed by atoms with van der Waals surface area (Å²) < 4.78 is 27.0. The molecule has 0 bridgehead atoms. The smallest absolute Gasteiger partial charge is 0.240 e. The fourth-order valence-corrected chi connectivity index (χ4v) is 3.63. The maximum atomic E-state index is 12.1. The van der Waals surface area contributed by atoms with Crippen molar-refractivity contribution < 1.29 is 8.42 Å². The van der Waals surface area contributed by atoms with Gasteiger partial charge in [-0.15, -0.1) is 0 Å². The molecule has 0 saturated heterocycles. The molecule has 0 aromatic heterocycles. The second-order valence-electron chi connectivity index (χ2n) is 4.78. The first-order valence-electron chi connectivity index (χ1n) is 6.38. The summed E-state index contributed by atoms with van der Waals surface area (Å²) in [7, 11) is -1.48. The number of nitrogens with one attached hydrogen (secondary N) is 2. The zero-order chi connectivity index (χ0) is 13.0. The minimum absolute atomic E-state index is 0.118. The SMILES string of the molecule is CNCc1ccc(S(=O)(=O)NC2CCCC2)cc1. The van der Waals surface area contributed by atoms with Crippen molar-refractivity contribution in [1.29, 1.82) is 0 Å². The van der Waals surface area contributed by atoms with Crippen LogP contribution in [0, 0.1) is 0 Å². The first-order valence-corrected chi connectivity index (χ1v) is 7.86. The van der Waals surface area contributed by atoms with Crippen LogP contribution in [-0.2, 0) is 16.6 Å². The van der Waals surface area contributed by atoms with Gasteiger partial charge in [-0.2, -0.15) is 0 Å². The third-order valence-electron chi connectivity index (χ3n) is 3.29. The average molecular weight is 268 g/mol. The van der Waals surface area contributed by atoms with Crippen molar-refractivity contribution in [2.75, 3.05) is 7.05 Å². The zero-order valence-corrected chi connectivity index (χ0v) is 11.5. The molecule has 4 nitrogen and oxygen atoms in total. The Morgan fingerprint density at radius 3 is 2.33 bits per heavy atom. The van der Waals surface area contributed by atoms with E-state index in [0.29, 0.717) is 4.90 Å². The molecular formula is C13H20N2O2S. The Bertz CT molecular complexity index is 476. The molecule has 100 valence electrons. The monoisotopic (exact) mass is 268 g/mol. The molecule has 18 heavy (non-hydrogen) atoms. The van der Waals surface area contributed by atoms with Crippen molar-refractivity contribution in [3.8, 4) is 0 Å². The molecule has 0 spiro atoms. The first-order chi connectivity index (χ1) is 8.62. The molecule has 2 N–H and O–H groups in total. The Hall–Kier alpha value is -0.910. The molecule has 0 radical (unpaired) electrons. The predicted octanol–water partition coefficient (Wildman–Crippen LogP) is 1.63. The fraction of sp³-hybridized carbons (Fsp3) is 0.538. The Morgan fingerprint density at radius 1 is 1.17 bits per heavy atom. The van der Waals surface area contributed by atoms with Crippen LogP contribution in [0.3, 0.4) is 0 Å². The van der Waals surface area contributed by atoms with E-state index in [2.05, 4.69) is 10.0 Å². The average Bonchev–Trinajstić information content (AvgIpc) is 2.82. The van der Waals surface area contributed by atoms with Crippen LogP contribution in [0.4, 0.5) is 0 Å². The minimum atomic E-state index is -3.35. The highest BCUT2D eigenvalue weighted by molar-refractivity contribution is 7.89. The third-order valence-corrected chi connectivity index (χ3v) is 4.83. The van der Waals surface area contributed by atoms with Gasteiger partial charge >= 0.3 is 0 Å². The Balaban J connectivity index is 2.08. The normalized spacial score (nSPS) is 17.2. The lowest BCUT2D eigenvalue weighted by Crippen LogP contribution is -2.32. The Labute approximate surface area is 109 Å². The molecule has 5 heteroatoms. The quantitative estimate of drug-likeness (QED) is 0.853. The van der Waals surface area contributed by atoms with Gasteiger partial charge in [0.25, 0.3) is 0 Å². The van der Waals surface area contributed by atoms with Crippen molar-refractivity contribution in [3.05, 3.63) is 29.8 Å². The van der Waals surface area contributed by atoms with E-state index in [1.165, 1.54) is 0 Å². The van der Waals surface area contributed by atoms with E-state index in [4.69, 9.17) is 0 Å². The number of benzene rings is 1. The van der Waals surface area contributed by atoms with Crippen LogP contribution in [0.5, 0.6) is 0 Å². The summed E-state index contributed by atoms with van der Waals surface area (Å²) in [5.74, 6) is 0. The lowest BCUT2D eigenvalue weighted by Gasteiger charge is -2.12. The number of hydrogen-bond donors (Lipinski definition) is 2. The lowest BCUT2D eigenvalue weighted by molar-refractivity contribution is 0.552. The van der Waals surface area contributed by atoms with Crippen LogP contribution in [0.15, 0.2) is 29.2 Å². The molecule has 0 aliphatic heterocycles. The van der Waals surface area contributed by atoms with Crippen LogP contribution >= 0.6 is 0 Å². The van der Waals surface area contributed by atoms with Gasteiger partial charge in [0.05, 0.1) is 4.90 Å². The van der Waals surface area contributed by atoms with Crippen molar-refractivity contribution in [1.82, 2.24) is 10.0 Å². The number of rotatable bonds is 5. The Kier molecular flexibility index (Phi) is 4.37. The van der Waals surface area contributed by atoms with Crippen LogP contribution in [0.25, 0.3) is 0 Å². The molecule has 1 aromatic rings. The van der Waals surface area contributed by atoms with Crippen molar-refractivity contribution in [2.24, 2.45) is 0 Å². The van der Waals surface area contributed by atoms with Crippen LogP contribution in [-0.4, -0.2) is 21.5 Å². The van der Waals surface area contributed by atoms with Gasteiger partial charge in [-0.3, -0.25) is 0 Å². The summed E-state index contributed by atoms with van der Waals surface area (Å²) in [5.41, 5.74) is 1.08. The van der Waals surface area contributed by atoms with E-state index in [-0.39, 0.29) is 6.04 Å². The third kappa shape index (κ3) is 3.31. The fourth-order valence-electron chi connectivity index (χ4n) is 2.32. The van der Waals surface area contributed by atoms with E-state index < -0.39 is 10.0 Å². The highest BCUT2D eigenvalue weighted by Crippen LogP contribution is 2.20. The minimum Gasteiger partial charge on any atom is -0.316 e. The molecule has 1 saturated carbocycles. The van der Waals surface area contributed by atoms with Crippen molar-refractivity contribution >= 4 is 10.0 Å². The summed E-state index contributed by atoms with van der Waals surface area (Å²) in [6.45, 7) is 0.746. The van der Waals surface area contributed by atoms with Gasteiger partial charge in [-0.1, -0.05) is 25.0 Å².